The van der Waals surface area contributed by atoms with Gasteiger partial charge < -0.3 is 14.0 Å². The minimum Gasteiger partial charge on any atom is -0.493 e. The zero-order chi connectivity index (χ0) is 11.4. The summed E-state index contributed by atoms with van der Waals surface area (Å²) in [6.07, 6.45) is 0. The standard InChI is InChI=1S/C12H15NO3/c1-3-15-13-8-10-7-9-5-4-6-11(14-2)12(9)16-10/h4-7,13H,3,8H2,1-2H3. The molecule has 0 atom stereocenters. The Hall–Kier alpha value is -1.52. The number of nitrogens with one attached hydrogen (secondary N) is 1. The van der Waals surface area contributed by atoms with E-state index in [9.17, 15) is 0 Å². The second kappa shape index (κ2) is 5.01. The van der Waals surface area contributed by atoms with Crippen LogP contribution in [0.2, 0.25) is 0 Å². The fourth-order valence-corrected chi connectivity index (χ4v) is 1.56. The molecule has 0 amide bonds. The van der Waals surface area contributed by atoms with Crippen molar-refractivity contribution in [3.63, 3.8) is 0 Å². The number of benzene rings is 1. The SMILES string of the molecule is CCONCc1cc2cccc(OC)c2o1. The van der Waals surface area contributed by atoms with Crippen LogP contribution in [0, 0.1) is 0 Å². The van der Waals surface area contributed by atoms with Crippen molar-refractivity contribution < 1.29 is 14.0 Å². The van der Waals surface area contributed by atoms with Gasteiger partial charge in [-0.25, -0.2) is 0 Å². The van der Waals surface area contributed by atoms with Gasteiger partial charge in [0.05, 0.1) is 20.3 Å². The molecule has 0 bridgehead atoms. The summed E-state index contributed by atoms with van der Waals surface area (Å²) in [5.41, 5.74) is 3.59. The fourth-order valence-electron chi connectivity index (χ4n) is 1.56. The summed E-state index contributed by atoms with van der Waals surface area (Å²) in [4.78, 5) is 5.05. The van der Waals surface area contributed by atoms with Crippen LogP contribution in [0.15, 0.2) is 28.7 Å². The van der Waals surface area contributed by atoms with Crippen molar-refractivity contribution in [2.24, 2.45) is 0 Å². The van der Waals surface area contributed by atoms with Gasteiger partial charge in [0, 0.05) is 5.39 Å². The van der Waals surface area contributed by atoms with Crippen LogP contribution in [-0.2, 0) is 11.4 Å². The Morgan fingerprint density at radius 1 is 1.38 bits per heavy atom. The Kier molecular flexibility index (Phi) is 3.44. The van der Waals surface area contributed by atoms with E-state index >= 15 is 0 Å². The van der Waals surface area contributed by atoms with Gasteiger partial charge in [-0.2, -0.15) is 5.48 Å². The normalized spacial score (nSPS) is 10.9. The molecule has 1 N–H and O–H groups in total. The fraction of sp³-hybridized carbons (Fsp3) is 0.333. The second-order valence-corrected chi connectivity index (χ2v) is 3.35. The van der Waals surface area contributed by atoms with E-state index in [4.69, 9.17) is 14.0 Å². The topological polar surface area (TPSA) is 43.6 Å². The summed E-state index contributed by atoms with van der Waals surface area (Å²) in [5.74, 6) is 1.58. The number of para-hydroxylation sites is 1. The number of furan rings is 1. The molecule has 86 valence electrons. The van der Waals surface area contributed by atoms with Crippen LogP contribution >= 0.6 is 0 Å². The quantitative estimate of drug-likeness (QED) is 0.622. The summed E-state index contributed by atoms with van der Waals surface area (Å²) in [6, 6.07) is 7.79. The van der Waals surface area contributed by atoms with E-state index in [-0.39, 0.29) is 0 Å². The first-order valence-electron chi connectivity index (χ1n) is 5.25. The van der Waals surface area contributed by atoms with E-state index in [1.165, 1.54) is 0 Å². The molecule has 0 aliphatic heterocycles. The molecule has 0 aliphatic carbocycles. The molecule has 0 spiro atoms. The largest absolute Gasteiger partial charge is 0.493 e. The van der Waals surface area contributed by atoms with Gasteiger partial charge in [-0.3, -0.25) is 0 Å². The van der Waals surface area contributed by atoms with Crippen molar-refractivity contribution in [1.82, 2.24) is 5.48 Å². The van der Waals surface area contributed by atoms with Crippen molar-refractivity contribution in [3.8, 4) is 5.75 Å². The highest BCUT2D eigenvalue weighted by Gasteiger charge is 2.07. The third-order valence-corrected chi connectivity index (χ3v) is 2.27. The summed E-state index contributed by atoms with van der Waals surface area (Å²) in [7, 11) is 1.63. The predicted octanol–water partition coefficient (Wildman–Crippen LogP) is 2.48. The Balaban J connectivity index is 2.22. The molecule has 0 fully saturated rings. The number of methoxy groups -OCH3 is 1. The lowest BCUT2D eigenvalue weighted by Gasteiger charge is -2.00. The maximum atomic E-state index is 5.67. The van der Waals surface area contributed by atoms with Crippen molar-refractivity contribution in [3.05, 3.63) is 30.0 Å². The highest BCUT2D eigenvalue weighted by atomic mass is 16.6. The van der Waals surface area contributed by atoms with Crippen LogP contribution in [-0.4, -0.2) is 13.7 Å². The van der Waals surface area contributed by atoms with Gasteiger partial charge in [0.2, 0.25) is 0 Å². The Labute approximate surface area is 94.1 Å². The highest BCUT2D eigenvalue weighted by molar-refractivity contribution is 5.83. The molecule has 1 aromatic carbocycles. The minimum absolute atomic E-state index is 0.547. The average molecular weight is 221 g/mol. The monoisotopic (exact) mass is 221 g/mol. The molecule has 2 rings (SSSR count). The molecule has 0 aliphatic rings. The molecule has 16 heavy (non-hydrogen) atoms. The lowest BCUT2D eigenvalue weighted by Crippen LogP contribution is -2.12. The Morgan fingerprint density at radius 2 is 2.25 bits per heavy atom. The zero-order valence-electron chi connectivity index (χ0n) is 9.45. The summed E-state index contributed by atoms with van der Waals surface area (Å²) in [6.45, 7) is 3.10. The minimum atomic E-state index is 0.547. The van der Waals surface area contributed by atoms with Crippen LogP contribution in [0.1, 0.15) is 12.7 Å². The number of hydrogen-bond acceptors (Lipinski definition) is 4. The van der Waals surface area contributed by atoms with Gasteiger partial charge in [0.15, 0.2) is 11.3 Å². The summed E-state index contributed by atoms with van der Waals surface area (Å²) in [5, 5.41) is 1.03. The van der Waals surface area contributed by atoms with Crippen molar-refractivity contribution in [2.75, 3.05) is 13.7 Å². The van der Waals surface area contributed by atoms with Gasteiger partial charge in [-0.05, 0) is 19.1 Å². The first-order valence-corrected chi connectivity index (χ1v) is 5.25. The summed E-state index contributed by atoms with van der Waals surface area (Å²) < 4.78 is 10.9. The van der Waals surface area contributed by atoms with Crippen LogP contribution in [0.25, 0.3) is 11.0 Å². The first kappa shape index (κ1) is 11.0. The smallest absolute Gasteiger partial charge is 0.176 e. The lowest BCUT2D eigenvalue weighted by molar-refractivity contribution is 0.0428. The third-order valence-electron chi connectivity index (χ3n) is 2.27. The molecule has 4 heteroatoms. The second-order valence-electron chi connectivity index (χ2n) is 3.35. The maximum absolute atomic E-state index is 5.67. The van der Waals surface area contributed by atoms with Gasteiger partial charge in [-0.15, -0.1) is 0 Å². The number of hydrogen-bond donors (Lipinski definition) is 1. The van der Waals surface area contributed by atoms with E-state index in [1.807, 2.05) is 31.2 Å². The molecule has 0 radical (unpaired) electrons. The van der Waals surface area contributed by atoms with Gasteiger partial charge in [-0.1, -0.05) is 12.1 Å². The van der Waals surface area contributed by atoms with Crippen molar-refractivity contribution in [2.45, 2.75) is 13.5 Å². The van der Waals surface area contributed by atoms with Crippen molar-refractivity contribution in [1.29, 1.82) is 0 Å². The number of hydroxylamine groups is 1. The molecular weight excluding hydrogens is 206 g/mol. The average Bonchev–Trinajstić information content (AvgIpc) is 2.71. The number of ether oxygens (including phenoxy) is 1. The van der Waals surface area contributed by atoms with Crippen LogP contribution in [0.4, 0.5) is 0 Å². The van der Waals surface area contributed by atoms with Gasteiger partial charge in [0.1, 0.15) is 5.76 Å². The highest BCUT2D eigenvalue weighted by Crippen LogP contribution is 2.28. The van der Waals surface area contributed by atoms with E-state index in [0.717, 1.165) is 22.5 Å². The molecule has 4 nitrogen and oxygen atoms in total. The first-order chi connectivity index (χ1) is 7.85. The van der Waals surface area contributed by atoms with Crippen LogP contribution < -0.4 is 10.2 Å². The van der Waals surface area contributed by atoms with E-state index in [0.29, 0.717) is 13.2 Å². The maximum Gasteiger partial charge on any atom is 0.176 e. The number of fused-ring (bicyclic) bond motifs is 1. The Morgan fingerprint density at radius 3 is 3.00 bits per heavy atom. The third kappa shape index (κ3) is 2.18. The summed E-state index contributed by atoms with van der Waals surface area (Å²) >= 11 is 0. The molecule has 0 unspecified atom stereocenters. The molecule has 0 saturated heterocycles. The number of rotatable bonds is 5. The molecular formula is C12H15NO3. The van der Waals surface area contributed by atoms with Crippen LogP contribution in [0.5, 0.6) is 5.75 Å². The zero-order valence-corrected chi connectivity index (χ0v) is 9.45. The van der Waals surface area contributed by atoms with Crippen LogP contribution in [0.3, 0.4) is 0 Å². The predicted molar refractivity (Wildman–Crippen MR) is 61.2 cm³/mol. The molecule has 2 aromatic rings. The molecule has 1 heterocycles. The van der Waals surface area contributed by atoms with E-state index < -0.39 is 0 Å². The molecule has 1 aromatic heterocycles. The molecule has 0 saturated carbocycles. The van der Waals surface area contributed by atoms with E-state index in [1.54, 1.807) is 7.11 Å². The Bertz CT molecular complexity index is 464. The van der Waals surface area contributed by atoms with Gasteiger partial charge in [0.25, 0.3) is 0 Å². The van der Waals surface area contributed by atoms with E-state index in [2.05, 4.69) is 5.48 Å². The van der Waals surface area contributed by atoms with Crippen molar-refractivity contribution >= 4 is 11.0 Å². The lowest BCUT2D eigenvalue weighted by atomic mass is 10.2. The van der Waals surface area contributed by atoms with Gasteiger partial charge >= 0.3 is 0 Å².